The van der Waals surface area contributed by atoms with Crippen LogP contribution in [-0.2, 0) is 10.0 Å². The molecular formula is C22H19N5O6S. The highest BCUT2D eigenvalue weighted by Gasteiger charge is 2.27. The molecule has 0 fully saturated rings. The quantitative estimate of drug-likeness (QED) is 0.313. The molecule has 0 unspecified atom stereocenters. The summed E-state index contributed by atoms with van der Waals surface area (Å²) < 4.78 is 38.6. The Labute approximate surface area is 194 Å². The van der Waals surface area contributed by atoms with Crippen molar-refractivity contribution in [1.29, 1.82) is 0 Å². The van der Waals surface area contributed by atoms with Crippen molar-refractivity contribution in [2.75, 3.05) is 11.4 Å². The van der Waals surface area contributed by atoms with E-state index in [1.807, 2.05) is 0 Å². The number of anilines is 1. The zero-order valence-electron chi connectivity index (χ0n) is 18.0. The van der Waals surface area contributed by atoms with Crippen molar-refractivity contribution >= 4 is 32.8 Å². The molecule has 1 aromatic carbocycles. The molecule has 0 saturated heterocycles. The number of fused-ring (bicyclic) bond motifs is 1. The average Bonchev–Trinajstić information content (AvgIpc) is 2.84. The van der Waals surface area contributed by atoms with Gasteiger partial charge in [0.15, 0.2) is 11.4 Å². The van der Waals surface area contributed by atoms with Crippen LogP contribution in [0.5, 0.6) is 17.2 Å². The van der Waals surface area contributed by atoms with Gasteiger partial charge in [-0.3, -0.25) is 14.5 Å². The lowest BCUT2D eigenvalue weighted by Gasteiger charge is -2.23. The lowest BCUT2D eigenvalue weighted by molar-refractivity contribution is 0.127. The van der Waals surface area contributed by atoms with Crippen molar-refractivity contribution in [2.24, 2.45) is 0 Å². The minimum Gasteiger partial charge on any atom is -0.457 e. The van der Waals surface area contributed by atoms with Gasteiger partial charge >= 0.3 is 6.09 Å². The van der Waals surface area contributed by atoms with Crippen LogP contribution < -0.4 is 19.3 Å². The first-order valence-electron chi connectivity index (χ1n) is 9.85. The van der Waals surface area contributed by atoms with E-state index in [-0.39, 0.29) is 22.0 Å². The number of ether oxygens (including phenoxy) is 2. The molecule has 2 N–H and O–H groups in total. The monoisotopic (exact) mass is 481 g/mol. The summed E-state index contributed by atoms with van der Waals surface area (Å²) in [4.78, 5) is 24.0. The molecule has 0 aliphatic heterocycles. The normalized spacial score (nSPS) is 11.1. The standard InChI is InChI=1S/C22H19N5O6S/c1-14-3-8-18-20(19(33-22(28)26-29)13-24-21(18)25-14)27(2)34(30,31)17-6-4-15(5-7-17)32-16-9-11-23-12-10-16/h3-13,29H,1-2H3,(H,26,28). The molecule has 3 heterocycles. The molecule has 0 radical (unpaired) electrons. The van der Waals surface area contributed by atoms with Crippen LogP contribution >= 0.6 is 0 Å². The Hall–Kier alpha value is -4.29. The second-order valence-electron chi connectivity index (χ2n) is 7.03. The third-order valence-electron chi connectivity index (χ3n) is 4.78. The lowest BCUT2D eigenvalue weighted by Crippen LogP contribution is -2.29. The van der Waals surface area contributed by atoms with E-state index in [4.69, 9.17) is 14.7 Å². The minimum atomic E-state index is -4.11. The molecule has 34 heavy (non-hydrogen) atoms. The summed E-state index contributed by atoms with van der Waals surface area (Å²) in [6, 6.07) is 12.5. The Morgan fingerprint density at radius 1 is 1.03 bits per heavy atom. The number of hydroxylamine groups is 1. The van der Waals surface area contributed by atoms with Gasteiger partial charge in [0.25, 0.3) is 10.0 Å². The van der Waals surface area contributed by atoms with Crippen molar-refractivity contribution < 1.29 is 27.9 Å². The van der Waals surface area contributed by atoms with Crippen molar-refractivity contribution in [3.8, 4) is 17.2 Å². The molecule has 0 bridgehead atoms. The fourth-order valence-corrected chi connectivity index (χ4v) is 4.39. The molecule has 4 rings (SSSR count). The molecule has 4 aromatic rings. The van der Waals surface area contributed by atoms with Crippen LogP contribution in [0.2, 0.25) is 0 Å². The smallest absolute Gasteiger partial charge is 0.436 e. The van der Waals surface area contributed by atoms with Crippen LogP contribution in [0.15, 0.2) is 72.0 Å². The predicted molar refractivity (Wildman–Crippen MR) is 122 cm³/mol. The number of sulfonamides is 1. The van der Waals surface area contributed by atoms with Gasteiger partial charge in [-0.1, -0.05) is 0 Å². The van der Waals surface area contributed by atoms with E-state index >= 15 is 0 Å². The predicted octanol–water partition coefficient (Wildman–Crippen LogP) is 3.43. The van der Waals surface area contributed by atoms with Crippen LogP contribution in [-0.4, -0.2) is 41.7 Å². The largest absolute Gasteiger partial charge is 0.457 e. The highest BCUT2D eigenvalue weighted by molar-refractivity contribution is 7.92. The van der Waals surface area contributed by atoms with E-state index in [2.05, 4.69) is 15.0 Å². The van der Waals surface area contributed by atoms with Gasteiger partial charge in [0.1, 0.15) is 17.2 Å². The molecule has 0 saturated carbocycles. The maximum absolute atomic E-state index is 13.5. The zero-order valence-corrected chi connectivity index (χ0v) is 18.9. The summed E-state index contributed by atoms with van der Waals surface area (Å²) in [5.41, 5.74) is 2.30. The number of benzene rings is 1. The molecule has 0 aliphatic rings. The average molecular weight is 481 g/mol. The number of hydrogen-bond donors (Lipinski definition) is 2. The fourth-order valence-electron chi connectivity index (χ4n) is 3.16. The van der Waals surface area contributed by atoms with Gasteiger partial charge < -0.3 is 9.47 Å². The molecule has 0 spiro atoms. The molecule has 1 amide bonds. The molecule has 3 aromatic heterocycles. The summed E-state index contributed by atoms with van der Waals surface area (Å²) in [5, 5.41) is 9.17. The number of nitrogens with zero attached hydrogens (tertiary/aromatic N) is 4. The second-order valence-corrected chi connectivity index (χ2v) is 8.99. The maximum Gasteiger partial charge on any atom is 0.436 e. The number of aromatic nitrogens is 3. The molecule has 11 nitrogen and oxygen atoms in total. The summed E-state index contributed by atoms with van der Waals surface area (Å²) in [6.45, 7) is 1.76. The van der Waals surface area contributed by atoms with E-state index < -0.39 is 16.1 Å². The van der Waals surface area contributed by atoms with Gasteiger partial charge in [0, 0.05) is 30.5 Å². The van der Waals surface area contributed by atoms with E-state index in [0.717, 1.165) is 10.5 Å². The van der Waals surface area contributed by atoms with Crippen LogP contribution in [0.3, 0.4) is 0 Å². The first kappa shape index (κ1) is 22.9. The number of hydrogen-bond acceptors (Lipinski definition) is 9. The Kier molecular flexibility index (Phi) is 6.25. The Morgan fingerprint density at radius 2 is 1.71 bits per heavy atom. The number of carbonyl (C=O) groups is 1. The van der Waals surface area contributed by atoms with Crippen molar-refractivity contribution in [1.82, 2.24) is 20.4 Å². The first-order valence-corrected chi connectivity index (χ1v) is 11.3. The molecule has 0 atom stereocenters. The lowest BCUT2D eigenvalue weighted by atomic mass is 10.2. The number of aryl methyl sites for hydroxylation is 1. The number of carbonyl (C=O) groups excluding carboxylic acids is 1. The summed E-state index contributed by atoms with van der Waals surface area (Å²) >= 11 is 0. The van der Waals surface area contributed by atoms with E-state index in [9.17, 15) is 13.2 Å². The van der Waals surface area contributed by atoms with Crippen LogP contribution in [0.4, 0.5) is 10.5 Å². The van der Waals surface area contributed by atoms with Gasteiger partial charge in [-0.25, -0.2) is 28.7 Å². The number of pyridine rings is 3. The zero-order chi connectivity index (χ0) is 24.3. The Morgan fingerprint density at radius 3 is 2.38 bits per heavy atom. The second kappa shape index (κ2) is 9.29. The van der Waals surface area contributed by atoms with E-state index in [1.165, 1.54) is 36.8 Å². The van der Waals surface area contributed by atoms with Crippen molar-refractivity contribution in [3.05, 3.63) is 72.8 Å². The third kappa shape index (κ3) is 4.58. The van der Waals surface area contributed by atoms with Crippen molar-refractivity contribution in [2.45, 2.75) is 11.8 Å². The third-order valence-corrected chi connectivity index (χ3v) is 6.55. The highest BCUT2D eigenvalue weighted by Crippen LogP contribution is 2.37. The Bertz CT molecular complexity index is 1450. The van der Waals surface area contributed by atoms with Crippen LogP contribution in [0.25, 0.3) is 11.0 Å². The Balaban J connectivity index is 1.73. The SMILES string of the molecule is Cc1ccc2c(N(C)S(=O)(=O)c3ccc(Oc4ccncc4)cc3)c(OC(=O)NO)cnc2n1. The molecule has 12 heteroatoms. The van der Waals surface area contributed by atoms with Crippen molar-refractivity contribution in [3.63, 3.8) is 0 Å². The van der Waals surface area contributed by atoms with Gasteiger partial charge in [-0.2, -0.15) is 0 Å². The van der Waals surface area contributed by atoms with Crippen LogP contribution in [0.1, 0.15) is 5.69 Å². The molecular weight excluding hydrogens is 462 g/mol. The van der Waals surface area contributed by atoms with Gasteiger partial charge in [0.05, 0.1) is 11.1 Å². The van der Waals surface area contributed by atoms with Crippen LogP contribution in [0, 0.1) is 6.92 Å². The summed E-state index contributed by atoms with van der Waals surface area (Å²) in [6.07, 6.45) is 3.12. The fraction of sp³-hybridized carbons (Fsp3) is 0.0909. The van der Waals surface area contributed by atoms with Gasteiger partial charge in [-0.05, 0) is 55.5 Å². The summed E-state index contributed by atoms with van der Waals surface area (Å²) in [7, 11) is -2.80. The number of amides is 1. The highest BCUT2D eigenvalue weighted by atomic mass is 32.2. The molecule has 174 valence electrons. The number of nitrogens with one attached hydrogen (secondary N) is 1. The summed E-state index contributed by atoms with van der Waals surface area (Å²) in [5.74, 6) is 0.802. The minimum absolute atomic E-state index is 0.0261. The topological polar surface area (TPSA) is 144 Å². The van der Waals surface area contributed by atoms with E-state index in [0.29, 0.717) is 22.6 Å². The van der Waals surface area contributed by atoms with Gasteiger partial charge in [0.2, 0.25) is 0 Å². The van der Waals surface area contributed by atoms with E-state index in [1.54, 1.807) is 43.6 Å². The number of rotatable bonds is 6. The molecule has 0 aliphatic carbocycles. The first-order chi connectivity index (χ1) is 16.3. The maximum atomic E-state index is 13.5. The van der Waals surface area contributed by atoms with Gasteiger partial charge in [-0.15, -0.1) is 0 Å².